The number of nitrogens with one attached hydrogen (secondary N) is 1. The summed E-state index contributed by atoms with van der Waals surface area (Å²) < 4.78 is 7.36. The third-order valence-electron chi connectivity index (χ3n) is 6.63. The first-order valence-electron chi connectivity index (χ1n) is 12.3. The predicted molar refractivity (Wildman–Crippen MR) is 132 cm³/mol. The Hall–Kier alpha value is -2.78. The highest BCUT2D eigenvalue weighted by Gasteiger charge is 2.33. The van der Waals surface area contributed by atoms with Gasteiger partial charge in [0, 0.05) is 32.1 Å². The van der Waals surface area contributed by atoms with E-state index in [0.29, 0.717) is 30.2 Å². The van der Waals surface area contributed by atoms with Gasteiger partial charge in [0.25, 0.3) is 0 Å². The third-order valence-corrected chi connectivity index (χ3v) is 6.63. The molecule has 0 spiro atoms. The fraction of sp³-hybridized carbons (Fsp3) is 0.600. The van der Waals surface area contributed by atoms with Crippen LogP contribution >= 0.6 is 0 Å². The SMILES string of the molecule is COc1ccc2c(c1)nc(NCCCCCC(=O)[C@H](C(C)C)N1CCC(O)C1)c1nnc(C)n12. The number of aliphatic hydroxyl groups is 1. The molecule has 1 aromatic carbocycles. The molecule has 0 amide bonds. The van der Waals surface area contributed by atoms with E-state index >= 15 is 0 Å². The maximum Gasteiger partial charge on any atom is 0.204 e. The van der Waals surface area contributed by atoms with Crippen LogP contribution in [0.2, 0.25) is 0 Å². The molecular formula is C25H36N6O3. The lowest BCUT2D eigenvalue weighted by atomic mass is 9.95. The van der Waals surface area contributed by atoms with Gasteiger partial charge in [-0.3, -0.25) is 14.1 Å². The van der Waals surface area contributed by atoms with Gasteiger partial charge in [-0.05, 0) is 44.2 Å². The van der Waals surface area contributed by atoms with Crippen LogP contribution in [-0.2, 0) is 4.79 Å². The number of hydrogen-bond acceptors (Lipinski definition) is 8. The lowest BCUT2D eigenvalue weighted by Gasteiger charge is -2.29. The van der Waals surface area contributed by atoms with E-state index in [0.717, 1.165) is 61.4 Å². The minimum atomic E-state index is -0.300. The summed E-state index contributed by atoms with van der Waals surface area (Å²) in [6.45, 7) is 8.27. The molecule has 9 heteroatoms. The quantitative estimate of drug-likeness (QED) is 0.413. The maximum atomic E-state index is 12.9. The van der Waals surface area contributed by atoms with Crippen LogP contribution in [0.25, 0.3) is 16.7 Å². The van der Waals surface area contributed by atoms with Crippen molar-refractivity contribution in [1.29, 1.82) is 0 Å². The lowest BCUT2D eigenvalue weighted by molar-refractivity contribution is -0.125. The van der Waals surface area contributed by atoms with Crippen molar-refractivity contribution in [1.82, 2.24) is 24.5 Å². The highest BCUT2D eigenvalue weighted by Crippen LogP contribution is 2.25. The Morgan fingerprint density at radius 3 is 2.79 bits per heavy atom. The summed E-state index contributed by atoms with van der Waals surface area (Å²) in [5.74, 6) is 2.81. The van der Waals surface area contributed by atoms with Crippen LogP contribution in [0.5, 0.6) is 5.75 Å². The van der Waals surface area contributed by atoms with Gasteiger partial charge in [-0.1, -0.05) is 20.3 Å². The van der Waals surface area contributed by atoms with Crippen LogP contribution in [0.15, 0.2) is 18.2 Å². The predicted octanol–water partition coefficient (Wildman–Crippen LogP) is 3.23. The molecule has 1 fully saturated rings. The van der Waals surface area contributed by atoms with Gasteiger partial charge in [-0.2, -0.15) is 0 Å². The Kier molecular flexibility index (Phi) is 7.63. The smallest absolute Gasteiger partial charge is 0.204 e. The minimum absolute atomic E-state index is 0.0847. The second-order valence-electron chi connectivity index (χ2n) is 9.55. The van der Waals surface area contributed by atoms with Crippen LogP contribution in [0, 0.1) is 12.8 Å². The second-order valence-corrected chi connectivity index (χ2v) is 9.55. The largest absolute Gasteiger partial charge is 0.497 e. The number of anilines is 1. The number of carbonyl (C=O) groups excluding carboxylic acids is 1. The standard InChI is InChI=1S/C25H36N6O3/c1-16(2)23(30-13-11-18(32)15-30)22(33)8-6-5-7-12-26-24-25-29-28-17(3)31(25)21-10-9-19(34-4)14-20(21)27-24/h9-10,14,16,18,23,32H,5-8,11-13,15H2,1-4H3,(H,26,27)/t18?,23-/m0/s1. The fourth-order valence-corrected chi connectivity index (χ4v) is 4.98. The van der Waals surface area contributed by atoms with Gasteiger partial charge >= 0.3 is 0 Å². The Bertz CT molecular complexity index is 1140. The van der Waals surface area contributed by atoms with Gasteiger partial charge in [0.2, 0.25) is 5.65 Å². The van der Waals surface area contributed by atoms with Crippen LogP contribution in [0.3, 0.4) is 0 Å². The average Bonchev–Trinajstić information content (AvgIpc) is 3.41. The molecular weight excluding hydrogens is 432 g/mol. The second kappa shape index (κ2) is 10.7. The number of aromatic nitrogens is 4. The van der Waals surface area contributed by atoms with Gasteiger partial charge in [0.15, 0.2) is 5.82 Å². The summed E-state index contributed by atoms with van der Waals surface area (Å²) in [4.78, 5) is 19.8. The van der Waals surface area contributed by atoms with Gasteiger partial charge in [0.05, 0.1) is 30.3 Å². The monoisotopic (exact) mass is 468 g/mol. The van der Waals surface area contributed by atoms with Crippen molar-refractivity contribution in [3.63, 3.8) is 0 Å². The van der Waals surface area contributed by atoms with E-state index in [1.807, 2.05) is 29.5 Å². The number of Topliss-reactive ketones (excluding diaryl/α,β-unsaturated/α-hetero) is 1. The number of carbonyl (C=O) groups is 1. The number of benzene rings is 1. The highest BCUT2D eigenvalue weighted by molar-refractivity contribution is 5.84. The van der Waals surface area contributed by atoms with Crippen molar-refractivity contribution in [2.24, 2.45) is 5.92 Å². The minimum Gasteiger partial charge on any atom is -0.497 e. The number of β-amino-alcohol motifs (C(OH)–C–C–N with tert-alkyl or cyclic N) is 1. The number of rotatable bonds is 11. The number of nitrogens with zero attached hydrogens (tertiary/aromatic N) is 5. The van der Waals surface area contributed by atoms with Crippen LogP contribution < -0.4 is 10.1 Å². The lowest BCUT2D eigenvalue weighted by Crippen LogP contribution is -2.43. The van der Waals surface area contributed by atoms with Crippen LogP contribution in [0.4, 0.5) is 5.82 Å². The van der Waals surface area contributed by atoms with E-state index in [2.05, 4.69) is 34.3 Å². The molecule has 1 unspecified atom stereocenters. The fourth-order valence-electron chi connectivity index (χ4n) is 4.98. The first kappa shape index (κ1) is 24.3. The number of aliphatic hydroxyl groups excluding tert-OH is 1. The summed E-state index contributed by atoms with van der Waals surface area (Å²) in [6.07, 6.45) is 3.79. The Morgan fingerprint density at radius 1 is 1.26 bits per heavy atom. The van der Waals surface area contributed by atoms with Gasteiger partial charge < -0.3 is 15.2 Å². The summed E-state index contributed by atoms with van der Waals surface area (Å²) in [5.41, 5.74) is 2.46. The van der Waals surface area contributed by atoms with Gasteiger partial charge in [0.1, 0.15) is 17.4 Å². The van der Waals surface area contributed by atoms with E-state index in [1.54, 1.807) is 7.11 Å². The normalized spacial score (nSPS) is 17.6. The summed E-state index contributed by atoms with van der Waals surface area (Å²) in [5, 5.41) is 21.8. The molecule has 0 saturated carbocycles. The topological polar surface area (TPSA) is 105 Å². The zero-order valence-electron chi connectivity index (χ0n) is 20.6. The summed E-state index contributed by atoms with van der Waals surface area (Å²) in [6, 6.07) is 5.71. The number of unbranched alkanes of at least 4 members (excludes halogenated alkanes) is 2. The average molecular weight is 469 g/mol. The molecule has 4 rings (SSSR count). The van der Waals surface area contributed by atoms with Crippen molar-refractivity contribution < 1.29 is 14.6 Å². The van der Waals surface area contributed by atoms with Crippen LogP contribution in [-0.4, -0.2) is 74.3 Å². The van der Waals surface area contributed by atoms with E-state index < -0.39 is 0 Å². The summed E-state index contributed by atoms with van der Waals surface area (Å²) >= 11 is 0. The molecule has 1 aliphatic heterocycles. The highest BCUT2D eigenvalue weighted by atomic mass is 16.5. The van der Waals surface area contributed by atoms with Crippen molar-refractivity contribution in [3.8, 4) is 5.75 Å². The van der Waals surface area contributed by atoms with Gasteiger partial charge in [-0.15, -0.1) is 10.2 Å². The zero-order valence-corrected chi connectivity index (χ0v) is 20.6. The molecule has 9 nitrogen and oxygen atoms in total. The number of likely N-dealkylation sites (tertiary alicyclic amines) is 1. The van der Waals surface area contributed by atoms with Crippen molar-refractivity contribution in [2.75, 3.05) is 32.1 Å². The van der Waals surface area contributed by atoms with Crippen molar-refractivity contribution in [3.05, 3.63) is 24.0 Å². The number of fused-ring (bicyclic) bond motifs is 3. The molecule has 3 aromatic rings. The first-order chi connectivity index (χ1) is 16.4. The third kappa shape index (κ3) is 5.15. The Labute approximate surface area is 200 Å². The molecule has 2 atom stereocenters. The molecule has 0 bridgehead atoms. The van der Waals surface area contributed by atoms with Gasteiger partial charge in [-0.25, -0.2) is 4.98 Å². The zero-order chi connectivity index (χ0) is 24.2. The Balaban J connectivity index is 1.32. The molecule has 184 valence electrons. The van der Waals surface area contributed by atoms with E-state index in [9.17, 15) is 9.90 Å². The number of hydrogen-bond donors (Lipinski definition) is 2. The van der Waals surface area contributed by atoms with E-state index in [1.165, 1.54) is 0 Å². The number of ether oxygens (including phenoxy) is 1. The maximum absolute atomic E-state index is 12.9. The summed E-state index contributed by atoms with van der Waals surface area (Å²) in [7, 11) is 1.64. The number of methoxy groups -OCH3 is 1. The van der Waals surface area contributed by atoms with Crippen molar-refractivity contribution in [2.45, 2.75) is 65.0 Å². The first-order valence-corrected chi connectivity index (χ1v) is 12.3. The molecule has 3 heterocycles. The number of aryl methyl sites for hydroxylation is 1. The molecule has 2 N–H and O–H groups in total. The van der Waals surface area contributed by atoms with E-state index in [4.69, 9.17) is 9.72 Å². The molecule has 1 aliphatic rings. The number of ketones is 1. The Morgan fingerprint density at radius 2 is 2.09 bits per heavy atom. The molecule has 0 radical (unpaired) electrons. The van der Waals surface area contributed by atoms with E-state index in [-0.39, 0.29) is 18.1 Å². The molecule has 34 heavy (non-hydrogen) atoms. The molecule has 1 saturated heterocycles. The molecule has 0 aliphatic carbocycles. The van der Waals surface area contributed by atoms with Crippen LogP contribution in [0.1, 0.15) is 51.8 Å². The van der Waals surface area contributed by atoms with Crippen molar-refractivity contribution >= 4 is 28.3 Å². The molecule has 2 aromatic heterocycles.